The highest BCUT2D eigenvalue weighted by atomic mass is 19.1. The minimum atomic E-state index is -0.318. The molecule has 2 heterocycles. The summed E-state index contributed by atoms with van der Waals surface area (Å²) in [6, 6.07) is 8.19. The normalized spacial score (nSPS) is 10.6. The van der Waals surface area contributed by atoms with Gasteiger partial charge in [0.25, 0.3) is 0 Å². The highest BCUT2D eigenvalue weighted by Gasteiger charge is 2.21. The summed E-state index contributed by atoms with van der Waals surface area (Å²) in [7, 11) is 1.84. The first-order valence-electron chi connectivity index (χ1n) is 7.39. The second kappa shape index (κ2) is 5.78. The molecule has 0 bridgehead atoms. The first-order valence-corrected chi connectivity index (χ1v) is 7.39. The summed E-state index contributed by atoms with van der Waals surface area (Å²) in [6.45, 7) is 3.81. The molecule has 3 aromatic rings. The Morgan fingerprint density at radius 3 is 2.42 bits per heavy atom. The van der Waals surface area contributed by atoms with E-state index >= 15 is 0 Å². The van der Waals surface area contributed by atoms with Gasteiger partial charge in [0.15, 0.2) is 0 Å². The molecule has 0 aliphatic carbocycles. The molecular formula is C18H16FN5. The zero-order valence-electron chi connectivity index (χ0n) is 13.6. The largest absolute Gasteiger partial charge is 0.383 e. The third-order valence-corrected chi connectivity index (χ3v) is 4.20. The van der Waals surface area contributed by atoms with Crippen molar-refractivity contribution in [2.75, 3.05) is 5.73 Å². The van der Waals surface area contributed by atoms with E-state index in [0.29, 0.717) is 11.3 Å². The van der Waals surface area contributed by atoms with Crippen LogP contribution in [-0.2, 0) is 7.05 Å². The topological polar surface area (TPSA) is 80.5 Å². The lowest BCUT2D eigenvalue weighted by Crippen LogP contribution is -2.04. The van der Waals surface area contributed by atoms with Gasteiger partial charge in [-0.2, -0.15) is 10.4 Å². The van der Waals surface area contributed by atoms with Gasteiger partial charge in [-0.15, -0.1) is 0 Å². The summed E-state index contributed by atoms with van der Waals surface area (Å²) in [5.41, 5.74) is 11.0. The van der Waals surface area contributed by atoms with Gasteiger partial charge in [0, 0.05) is 29.4 Å². The number of hydrogen-bond donors (Lipinski definition) is 1. The van der Waals surface area contributed by atoms with Crippen molar-refractivity contribution in [1.82, 2.24) is 14.8 Å². The average molecular weight is 321 g/mol. The zero-order valence-corrected chi connectivity index (χ0v) is 13.6. The molecule has 24 heavy (non-hydrogen) atoms. The van der Waals surface area contributed by atoms with Gasteiger partial charge in [0.05, 0.1) is 11.9 Å². The molecule has 2 aromatic heterocycles. The fourth-order valence-electron chi connectivity index (χ4n) is 2.78. The van der Waals surface area contributed by atoms with Gasteiger partial charge < -0.3 is 5.73 Å². The van der Waals surface area contributed by atoms with Crippen molar-refractivity contribution >= 4 is 5.82 Å². The Balaban J connectivity index is 2.34. The maximum absolute atomic E-state index is 13.2. The maximum Gasteiger partial charge on any atom is 0.142 e. The number of nitriles is 1. The Bertz CT molecular complexity index is 965. The van der Waals surface area contributed by atoms with E-state index in [2.05, 4.69) is 16.2 Å². The molecule has 5 nitrogen and oxygen atoms in total. The van der Waals surface area contributed by atoms with E-state index in [9.17, 15) is 9.65 Å². The Morgan fingerprint density at radius 1 is 1.21 bits per heavy atom. The monoisotopic (exact) mass is 321 g/mol. The number of aromatic nitrogens is 3. The predicted octanol–water partition coefficient (Wildman–Crippen LogP) is 3.36. The number of benzene rings is 1. The number of halogens is 1. The first kappa shape index (κ1) is 15.7. The van der Waals surface area contributed by atoms with E-state index in [1.165, 1.54) is 12.1 Å². The number of anilines is 1. The lowest BCUT2D eigenvalue weighted by Gasteiger charge is -2.14. The molecule has 0 fully saturated rings. The van der Waals surface area contributed by atoms with Crippen molar-refractivity contribution in [3.8, 4) is 28.5 Å². The second-order valence-corrected chi connectivity index (χ2v) is 5.61. The lowest BCUT2D eigenvalue weighted by atomic mass is 9.93. The summed E-state index contributed by atoms with van der Waals surface area (Å²) >= 11 is 0. The first-order chi connectivity index (χ1) is 11.4. The van der Waals surface area contributed by atoms with Gasteiger partial charge in [0.2, 0.25) is 0 Å². The highest BCUT2D eigenvalue weighted by molar-refractivity contribution is 5.84. The number of rotatable bonds is 2. The Labute approximate surface area is 139 Å². The van der Waals surface area contributed by atoms with E-state index in [4.69, 9.17) is 5.73 Å². The van der Waals surface area contributed by atoms with E-state index in [1.807, 2.05) is 20.9 Å². The van der Waals surface area contributed by atoms with Crippen LogP contribution in [0.2, 0.25) is 0 Å². The van der Waals surface area contributed by atoms with Crippen LogP contribution in [0.1, 0.15) is 16.8 Å². The molecule has 0 amide bonds. The van der Waals surface area contributed by atoms with Crippen molar-refractivity contribution in [3.63, 3.8) is 0 Å². The number of aryl methyl sites for hydroxylation is 1. The van der Waals surface area contributed by atoms with E-state index in [1.54, 1.807) is 23.0 Å². The molecule has 0 aliphatic rings. The van der Waals surface area contributed by atoms with Crippen molar-refractivity contribution in [3.05, 3.63) is 53.1 Å². The van der Waals surface area contributed by atoms with Gasteiger partial charge in [-0.25, -0.2) is 9.37 Å². The van der Waals surface area contributed by atoms with Gasteiger partial charge in [-0.1, -0.05) is 0 Å². The smallest absolute Gasteiger partial charge is 0.142 e. The fraction of sp³-hybridized carbons (Fsp3) is 0.167. The number of pyridine rings is 1. The Morgan fingerprint density at radius 2 is 1.88 bits per heavy atom. The Hall–Kier alpha value is -3.20. The predicted molar refractivity (Wildman–Crippen MR) is 90.4 cm³/mol. The van der Waals surface area contributed by atoms with Crippen molar-refractivity contribution in [2.24, 2.45) is 7.05 Å². The average Bonchev–Trinajstić information content (AvgIpc) is 2.89. The van der Waals surface area contributed by atoms with Gasteiger partial charge in [0.1, 0.15) is 23.3 Å². The maximum atomic E-state index is 13.2. The van der Waals surface area contributed by atoms with Gasteiger partial charge in [-0.3, -0.25) is 4.68 Å². The number of nitrogens with two attached hydrogens (primary N) is 1. The minimum absolute atomic E-state index is 0.153. The fourth-order valence-corrected chi connectivity index (χ4v) is 2.78. The van der Waals surface area contributed by atoms with Crippen LogP contribution in [0, 0.1) is 31.0 Å². The van der Waals surface area contributed by atoms with Crippen LogP contribution >= 0.6 is 0 Å². The van der Waals surface area contributed by atoms with Crippen molar-refractivity contribution < 1.29 is 4.39 Å². The van der Waals surface area contributed by atoms with Crippen LogP contribution in [-0.4, -0.2) is 14.8 Å². The van der Waals surface area contributed by atoms with E-state index < -0.39 is 0 Å². The highest BCUT2D eigenvalue weighted by Crippen LogP contribution is 2.36. The van der Waals surface area contributed by atoms with Crippen LogP contribution < -0.4 is 5.73 Å². The third-order valence-electron chi connectivity index (χ3n) is 4.20. The van der Waals surface area contributed by atoms with Gasteiger partial charge >= 0.3 is 0 Å². The summed E-state index contributed by atoms with van der Waals surface area (Å²) in [5, 5.41) is 13.8. The number of nitrogen functional groups attached to an aromatic ring is 1. The number of hydrogen-bond acceptors (Lipinski definition) is 4. The van der Waals surface area contributed by atoms with Crippen LogP contribution in [0.3, 0.4) is 0 Å². The van der Waals surface area contributed by atoms with Crippen LogP contribution in [0.5, 0.6) is 0 Å². The molecule has 3 rings (SSSR count). The molecule has 0 spiro atoms. The third kappa shape index (κ3) is 2.40. The van der Waals surface area contributed by atoms with Crippen LogP contribution in [0.15, 0.2) is 30.5 Å². The van der Waals surface area contributed by atoms with Crippen LogP contribution in [0.4, 0.5) is 10.2 Å². The standard InChI is InChI=1S/C18H16FN5/c1-10-16(15-9-22-24(3)11(15)2)14(8-20)18(21)23-17(10)12-4-6-13(19)7-5-12/h4-7,9H,1-3H3,(H2,21,23). The SMILES string of the molecule is Cc1c(-c2ccc(F)cc2)nc(N)c(C#N)c1-c1cnn(C)c1C. The molecule has 0 radical (unpaired) electrons. The molecule has 0 saturated heterocycles. The quantitative estimate of drug-likeness (QED) is 0.785. The Kier molecular flexibility index (Phi) is 3.78. The van der Waals surface area contributed by atoms with Crippen molar-refractivity contribution in [1.29, 1.82) is 5.26 Å². The second-order valence-electron chi connectivity index (χ2n) is 5.61. The molecule has 0 atom stereocenters. The zero-order chi connectivity index (χ0) is 17.4. The molecule has 120 valence electrons. The molecule has 2 N–H and O–H groups in total. The molecular weight excluding hydrogens is 305 g/mol. The molecule has 0 saturated carbocycles. The van der Waals surface area contributed by atoms with Crippen molar-refractivity contribution in [2.45, 2.75) is 13.8 Å². The van der Waals surface area contributed by atoms with E-state index in [0.717, 1.165) is 27.9 Å². The molecule has 0 unspecified atom stereocenters. The summed E-state index contributed by atoms with van der Waals surface area (Å²) in [6.07, 6.45) is 1.71. The molecule has 0 aliphatic heterocycles. The van der Waals surface area contributed by atoms with Gasteiger partial charge in [-0.05, 0) is 43.7 Å². The minimum Gasteiger partial charge on any atom is -0.383 e. The lowest BCUT2D eigenvalue weighted by molar-refractivity contribution is 0.628. The molecule has 6 heteroatoms. The summed E-state index contributed by atoms with van der Waals surface area (Å²) in [5.74, 6) is -0.165. The van der Waals surface area contributed by atoms with E-state index in [-0.39, 0.29) is 11.6 Å². The molecule has 1 aromatic carbocycles. The summed E-state index contributed by atoms with van der Waals surface area (Å²) < 4.78 is 14.9. The summed E-state index contributed by atoms with van der Waals surface area (Å²) in [4.78, 5) is 4.37. The van der Waals surface area contributed by atoms with Crippen LogP contribution in [0.25, 0.3) is 22.4 Å². The number of nitrogens with zero attached hydrogens (tertiary/aromatic N) is 4.